The van der Waals surface area contributed by atoms with Gasteiger partial charge in [-0.05, 0) is 19.1 Å². The molecule has 6 nitrogen and oxygen atoms in total. The average molecular weight is 245 g/mol. The maximum absolute atomic E-state index is 11.9. The Morgan fingerprint density at radius 2 is 2.33 bits per heavy atom. The standard InChI is InChI=1S/C12H15N5O/c1-8-10(7-17(2)16-8)6-15-12(18)9-3-4-14-11(13)5-9/h3-5,7H,6H2,1-2H3,(H2,13,14)(H,15,18). The summed E-state index contributed by atoms with van der Waals surface area (Å²) in [4.78, 5) is 15.7. The van der Waals surface area contributed by atoms with Crippen LogP contribution in [0.2, 0.25) is 0 Å². The van der Waals surface area contributed by atoms with E-state index in [2.05, 4.69) is 15.4 Å². The summed E-state index contributed by atoms with van der Waals surface area (Å²) in [6.45, 7) is 2.35. The molecule has 0 spiro atoms. The number of nitrogens with two attached hydrogens (primary N) is 1. The van der Waals surface area contributed by atoms with E-state index in [1.807, 2.05) is 20.2 Å². The molecule has 2 aromatic heterocycles. The molecule has 0 aliphatic rings. The zero-order valence-corrected chi connectivity index (χ0v) is 10.3. The number of nitrogens with zero attached hydrogens (tertiary/aromatic N) is 3. The van der Waals surface area contributed by atoms with Gasteiger partial charge in [0.05, 0.1) is 5.69 Å². The van der Waals surface area contributed by atoms with Crippen LogP contribution < -0.4 is 11.1 Å². The van der Waals surface area contributed by atoms with E-state index in [1.165, 1.54) is 6.20 Å². The number of aromatic nitrogens is 3. The lowest BCUT2D eigenvalue weighted by Crippen LogP contribution is -2.23. The van der Waals surface area contributed by atoms with Gasteiger partial charge < -0.3 is 11.1 Å². The first-order valence-electron chi connectivity index (χ1n) is 5.55. The Morgan fingerprint density at radius 1 is 1.56 bits per heavy atom. The van der Waals surface area contributed by atoms with Crippen LogP contribution in [0.25, 0.3) is 0 Å². The molecular weight excluding hydrogens is 230 g/mol. The highest BCUT2D eigenvalue weighted by Gasteiger charge is 2.08. The second kappa shape index (κ2) is 4.87. The van der Waals surface area contributed by atoms with E-state index in [0.717, 1.165) is 11.3 Å². The zero-order valence-electron chi connectivity index (χ0n) is 10.3. The van der Waals surface area contributed by atoms with Crippen molar-refractivity contribution >= 4 is 11.7 Å². The van der Waals surface area contributed by atoms with Gasteiger partial charge in [0.15, 0.2) is 0 Å². The van der Waals surface area contributed by atoms with E-state index in [9.17, 15) is 4.79 Å². The molecule has 0 saturated heterocycles. The van der Waals surface area contributed by atoms with Gasteiger partial charge in [0.2, 0.25) is 0 Å². The summed E-state index contributed by atoms with van der Waals surface area (Å²) < 4.78 is 1.72. The Balaban J connectivity index is 2.02. The second-order valence-electron chi connectivity index (χ2n) is 4.07. The van der Waals surface area contributed by atoms with Crippen molar-refractivity contribution in [1.29, 1.82) is 0 Å². The number of anilines is 1. The fourth-order valence-corrected chi connectivity index (χ4v) is 1.69. The van der Waals surface area contributed by atoms with Crippen molar-refractivity contribution in [2.45, 2.75) is 13.5 Å². The monoisotopic (exact) mass is 245 g/mol. The lowest BCUT2D eigenvalue weighted by atomic mass is 10.2. The molecule has 94 valence electrons. The maximum atomic E-state index is 11.9. The van der Waals surface area contributed by atoms with Crippen molar-refractivity contribution in [3.05, 3.63) is 41.3 Å². The minimum atomic E-state index is -0.174. The number of hydrogen-bond donors (Lipinski definition) is 2. The summed E-state index contributed by atoms with van der Waals surface area (Å²) in [5.74, 6) is 0.160. The van der Waals surface area contributed by atoms with Crippen LogP contribution in [0, 0.1) is 6.92 Å². The van der Waals surface area contributed by atoms with Crippen molar-refractivity contribution in [3.8, 4) is 0 Å². The second-order valence-corrected chi connectivity index (χ2v) is 4.07. The molecular formula is C12H15N5O. The Hall–Kier alpha value is -2.37. The van der Waals surface area contributed by atoms with Crippen LogP contribution >= 0.6 is 0 Å². The molecule has 0 bridgehead atoms. The van der Waals surface area contributed by atoms with Crippen LogP contribution in [0.1, 0.15) is 21.6 Å². The smallest absolute Gasteiger partial charge is 0.251 e. The number of carbonyl (C=O) groups excluding carboxylic acids is 1. The van der Waals surface area contributed by atoms with Crippen molar-refractivity contribution in [1.82, 2.24) is 20.1 Å². The van der Waals surface area contributed by atoms with Gasteiger partial charge in [-0.3, -0.25) is 9.48 Å². The molecule has 2 heterocycles. The number of aryl methyl sites for hydroxylation is 2. The van der Waals surface area contributed by atoms with Crippen LogP contribution in [0.4, 0.5) is 5.82 Å². The lowest BCUT2D eigenvalue weighted by molar-refractivity contribution is 0.0951. The van der Waals surface area contributed by atoms with Crippen molar-refractivity contribution in [2.24, 2.45) is 7.05 Å². The van der Waals surface area contributed by atoms with Crippen LogP contribution in [-0.4, -0.2) is 20.7 Å². The SMILES string of the molecule is Cc1nn(C)cc1CNC(=O)c1ccnc(N)c1. The molecule has 1 amide bonds. The number of pyridine rings is 1. The quantitative estimate of drug-likeness (QED) is 0.830. The van der Waals surface area contributed by atoms with Crippen LogP contribution in [0.5, 0.6) is 0 Å². The van der Waals surface area contributed by atoms with Gasteiger partial charge in [0.1, 0.15) is 5.82 Å². The molecule has 3 N–H and O–H groups in total. The van der Waals surface area contributed by atoms with Gasteiger partial charge in [-0.2, -0.15) is 5.10 Å². The van der Waals surface area contributed by atoms with Crippen molar-refractivity contribution < 1.29 is 4.79 Å². The van der Waals surface area contributed by atoms with E-state index in [1.54, 1.807) is 16.8 Å². The van der Waals surface area contributed by atoms with Crippen LogP contribution in [0.3, 0.4) is 0 Å². The zero-order chi connectivity index (χ0) is 13.1. The number of carbonyl (C=O) groups is 1. The number of nitrogens with one attached hydrogen (secondary N) is 1. The van der Waals surface area contributed by atoms with Gasteiger partial charge in [-0.15, -0.1) is 0 Å². The Labute approximate surface area is 105 Å². The summed E-state index contributed by atoms with van der Waals surface area (Å²) in [5.41, 5.74) is 7.93. The number of rotatable bonds is 3. The number of nitrogen functional groups attached to an aromatic ring is 1. The summed E-state index contributed by atoms with van der Waals surface area (Å²) in [6, 6.07) is 3.17. The molecule has 0 aromatic carbocycles. The van der Waals surface area contributed by atoms with Crippen molar-refractivity contribution in [2.75, 3.05) is 5.73 Å². The third-order valence-electron chi connectivity index (χ3n) is 2.60. The first-order chi connectivity index (χ1) is 8.56. The van der Waals surface area contributed by atoms with Gasteiger partial charge in [-0.25, -0.2) is 4.98 Å². The van der Waals surface area contributed by atoms with Crippen LogP contribution in [0.15, 0.2) is 24.5 Å². The summed E-state index contributed by atoms with van der Waals surface area (Å²) >= 11 is 0. The van der Waals surface area contributed by atoms with E-state index in [-0.39, 0.29) is 5.91 Å². The first-order valence-corrected chi connectivity index (χ1v) is 5.55. The highest BCUT2D eigenvalue weighted by atomic mass is 16.1. The maximum Gasteiger partial charge on any atom is 0.251 e. The fraction of sp³-hybridized carbons (Fsp3) is 0.250. The number of hydrogen-bond acceptors (Lipinski definition) is 4. The predicted octanol–water partition coefficient (Wildman–Crippen LogP) is 0.636. The minimum Gasteiger partial charge on any atom is -0.384 e. The number of amides is 1. The molecule has 0 radical (unpaired) electrons. The molecule has 18 heavy (non-hydrogen) atoms. The molecule has 2 rings (SSSR count). The summed E-state index contributed by atoms with van der Waals surface area (Å²) in [6.07, 6.45) is 3.40. The molecule has 0 saturated carbocycles. The molecule has 0 fully saturated rings. The third kappa shape index (κ3) is 2.65. The fourth-order valence-electron chi connectivity index (χ4n) is 1.69. The van der Waals surface area contributed by atoms with E-state index < -0.39 is 0 Å². The molecule has 6 heteroatoms. The van der Waals surface area contributed by atoms with E-state index in [0.29, 0.717) is 17.9 Å². The van der Waals surface area contributed by atoms with E-state index in [4.69, 9.17) is 5.73 Å². The van der Waals surface area contributed by atoms with Gasteiger partial charge in [0, 0.05) is 37.1 Å². The Kier molecular flexibility index (Phi) is 3.27. The topological polar surface area (TPSA) is 85.8 Å². The normalized spacial score (nSPS) is 10.3. The minimum absolute atomic E-state index is 0.174. The molecule has 0 aliphatic heterocycles. The molecule has 0 aliphatic carbocycles. The van der Waals surface area contributed by atoms with Gasteiger partial charge >= 0.3 is 0 Å². The van der Waals surface area contributed by atoms with Gasteiger partial charge in [-0.1, -0.05) is 0 Å². The van der Waals surface area contributed by atoms with E-state index >= 15 is 0 Å². The summed E-state index contributed by atoms with van der Waals surface area (Å²) in [5, 5.41) is 7.03. The average Bonchev–Trinajstić information content (AvgIpc) is 2.65. The lowest BCUT2D eigenvalue weighted by Gasteiger charge is -2.04. The molecule has 0 unspecified atom stereocenters. The van der Waals surface area contributed by atoms with Crippen molar-refractivity contribution in [3.63, 3.8) is 0 Å². The highest BCUT2D eigenvalue weighted by molar-refractivity contribution is 5.94. The summed E-state index contributed by atoms with van der Waals surface area (Å²) in [7, 11) is 1.85. The highest BCUT2D eigenvalue weighted by Crippen LogP contribution is 2.06. The largest absolute Gasteiger partial charge is 0.384 e. The third-order valence-corrected chi connectivity index (χ3v) is 2.60. The predicted molar refractivity (Wildman–Crippen MR) is 67.8 cm³/mol. The molecule has 2 aromatic rings. The Morgan fingerprint density at radius 3 is 2.94 bits per heavy atom. The molecule has 0 atom stereocenters. The van der Waals surface area contributed by atoms with Crippen LogP contribution in [-0.2, 0) is 13.6 Å². The first kappa shape index (κ1) is 12.1. The Bertz CT molecular complexity index is 576. The van der Waals surface area contributed by atoms with Gasteiger partial charge in [0.25, 0.3) is 5.91 Å².